The Hall–Kier alpha value is -1.55. The van der Waals surface area contributed by atoms with E-state index in [0.717, 1.165) is 24.1 Å². The molecule has 0 spiro atoms. The van der Waals surface area contributed by atoms with Crippen LogP contribution in [0.4, 0.5) is 10.3 Å². The molecule has 1 aromatic heterocycles. The summed E-state index contributed by atoms with van der Waals surface area (Å²) in [6.07, 6.45) is 7.06. The highest BCUT2D eigenvalue weighted by atomic mass is 35.5. The number of nitrogens with zero attached hydrogens (tertiary/aromatic N) is 1. The first-order valence-electron chi connectivity index (χ1n) is 7.37. The standard InChI is InChI=1S/C16H18ClFN2O/c17-13-9-11(18)7-8-12(13)14-15(20-21-16(14)19)10-5-3-1-2-4-6-10/h7-10H,1-6,19H2. The van der Waals surface area contributed by atoms with Gasteiger partial charge in [0.05, 0.1) is 16.3 Å². The van der Waals surface area contributed by atoms with E-state index in [9.17, 15) is 4.39 Å². The Bertz CT molecular complexity index is 633. The van der Waals surface area contributed by atoms with Crippen LogP contribution in [0, 0.1) is 5.82 Å². The van der Waals surface area contributed by atoms with E-state index in [-0.39, 0.29) is 11.7 Å². The molecule has 1 aliphatic carbocycles. The van der Waals surface area contributed by atoms with Crippen LogP contribution in [0.2, 0.25) is 5.02 Å². The van der Waals surface area contributed by atoms with Gasteiger partial charge in [0.2, 0.25) is 5.88 Å². The van der Waals surface area contributed by atoms with Crippen LogP contribution in [0.3, 0.4) is 0 Å². The Morgan fingerprint density at radius 2 is 1.90 bits per heavy atom. The molecule has 0 radical (unpaired) electrons. The van der Waals surface area contributed by atoms with Gasteiger partial charge in [0.1, 0.15) is 5.82 Å². The van der Waals surface area contributed by atoms with Gasteiger partial charge >= 0.3 is 0 Å². The molecule has 21 heavy (non-hydrogen) atoms. The minimum Gasteiger partial charge on any atom is -0.367 e. The highest BCUT2D eigenvalue weighted by molar-refractivity contribution is 6.33. The third-order valence-electron chi connectivity index (χ3n) is 4.19. The molecule has 3 nitrogen and oxygen atoms in total. The number of hydrogen-bond acceptors (Lipinski definition) is 3. The molecule has 1 saturated carbocycles. The summed E-state index contributed by atoms with van der Waals surface area (Å²) in [5, 5.41) is 4.50. The summed E-state index contributed by atoms with van der Waals surface area (Å²) in [5.41, 5.74) is 8.23. The Balaban J connectivity index is 2.03. The van der Waals surface area contributed by atoms with E-state index in [1.165, 1.54) is 37.8 Å². The second-order valence-corrected chi connectivity index (χ2v) is 6.03. The summed E-state index contributed by atoms with van der Waals surface area (Å²) in [6.45, 7) is 0. The second kappa shape index (κ2) is 6.06. The van der Waals surface area contributed by atoms with Crippen molar-refractivity contribution < 1.29 is 8.91 Å². The molecule has 0 unspecified atom stereocenters. The molecule has 1 heterocycles. The van der Waals surface area contributed by atoms with Crippen LogP contribution in [0.25, 0.3) is 11.1 Å². The predicted octanol–water partition coefficient (Wildman–Crippen LogP) is 5.15. The first-order valence-corrected chi connectivity index (χ1v) is 7.75. The molecule has 0 aliphatic heterocycles. The topological polar surface area (TPSA) is 52.0 Å². The van der Waals surface area contributed by atoms with Crippen LogP contribution in [0.1, 0.15) is 50.1 Å². The molecule has 1 fully saturated rings. The highest BCUT2D eigenvalue weighted by Crippen LogP contribution is 2.41. The number of nitrogens with two attached hydrogens (primary N) is 1. The van der Waals surface area contributed by atoms with Crippen molar-refractivity contribution in [1.82, 2.24) is 5.16 Å². The zero-order chi connectivity index (χ0) is 14.8. The van der Waals surface area contributed by atoms with Crippen LogP contribution >= 0.6 is 11.6 Å². The third-order valence-corrected chi connectivity index (χ3v) is 4.50. The Labute approximate surface area is 128 Å². The lowest BCUT2D eigenvalue weighted by Crippen LogP contribution is -2.01. The maximum atomic E-state index is 13.2. The average molecular weight is 309 g/mol. The van der Waals surface area contributed by atoms with Crippen LogP contribution in [0.5, 0.6) is 0 Å². The lowest BCUT2D eigenvalue weighted by molar-refractivity contribution is 0.413. The van der Waals surface area contributed by atoms with Gasteiger partial charge in [0.25, 0.3) is 0 Å². The average Bonchev–Trinajstić information content (AvgIpc) is 2.67. The number of nitrogen functional groups attached to an aromatic ring is 1. The summed E-state index contributed by atoms with van der Waals surface area (Å²) < 4.78 is 18.4. The fourth-order valence-corrected chi connectivity index (χ4v) is 3.37. The number of hydrogen-bond donors (Lipinski definition) is 1. The van der Waals surface area contributed by atoms with Crippen molar-refractivity contribution in [2.24, 2.45) is 0 Å². The number of benzene rings is 1. The zero-order valence-corrected chi connectivity index (χ0v) is 12.5. The molecule has 0 atom stereocenters. The monoisotopic (exact) mass is 308 g/mol. The predicted molar refractivity (Wildman–Crippen MR) is 81.8 cm³/mol. The summed E-state index contributed by atoms with van der Waals surface area (Å²) in [5.74, 6) is 0.224. The minimum absolute atomic E-state index is 0.253. The van der Waals surface area contributed by atoms with E-state index in [1.807, 2.05) is 0 Å². The first kappa shape index (κ1) is 14.4. The fraction of sp³-hybridized carbons (Fsp3) is 0.438. The lowest BCUT2D eigenvalue weighted by Gasteiger charge is -2.13. The van der Waals surface area contributed by atoms with Gasteiger partial charge in [-0.3, -0.25) is 0 Å². The maximum Gasteiger partial charge on any atom is 0.230 e. The van der Waals surface area contributed by atoms with Crippen molar-refractivity contribution in [3.8, 4) is 11.1 Å². The molecular weight excluding hydrogens is 291 g/mol. The van der Waals surface area contributed by atoms with Crippen molar-refractivity contribution in [3.05, 3.63) is 34.7 Å². The molecule has 2 N–H and O–H groups in total. The quantitative estimate of drug-likeness (QED) is 0.780. The molecule has 0 bridgehead atoms. The molecule has 2 aromatic rings. The molecule has 0 amide bonds. The van der Waals surface area contributed by atoms with Gasteiger partial charge in [-0.2, -0.15) is 0 Å². The largest absolute Gasteiger partial charge is 0.367 e. The molecule has 0 saturated heterocycles. The van der Waals surface area contributed by atoms with Gasteiger partial charge in [-0.1, -0.05) is 42.4 Å². The van der Waals surface area contributed by atoms with Gasteiger partial charge in [0, 0.05) is 11.5 Å². The number of halogens is 2. The molecule has 112 valence electrons. The van der Waals surface area contributed by atoms with Crippen molar-refractivity contribution >= 4 is 17.5 Å². The zero-order valence-electron chi connectivity index (χ0n) is 11.7. The maximum absolute atomic E-state index is 13.2. The van der Waals surface area contributed by atoms with Gasteiger partial charge in [-0.15, -0.1) is 0 Å². The summed E-state index contributed by atoms with van der Waals surface area (Å²) in [7, 11) is 0. The number of rotatable bonds is 2. The van der Waals surface area contributed by atoms with Gasteiger partial charge in [-0.05, 0) is 31.0 Å². The van der Waals surface area contributed by atoms with Crippen LogP contribution in [0.15, 0.2) is 22.7 Å². The van der Waals surface area contributed by atoms with Crippen LogP contribution < -0.4 is 5.73 Å². The van der Waals surface area contributed by atoms with Crippen molar-refractivity contribution in [2.45, 2.75) is 44.4 Å². The van der Waals surface area contributed by atoms with Crippen LogP contribution in [-0.4, -0.2) is 5.16 Å². The van der Waals surface area contributed by atoms with E-state index in [4.69, 9.17) is 21.9 Å². The Kier molecular flexibility index (Phi) is 4.15. The number of anilines is 1. The van der Waals surface area contributed by atoms with Gasteiger partial charge in [-0.25, -0.2) is 4.39 Å². The van der Waals surface area contributed by atoms with E-state index in [1.54, 1.807) is 6.07 Å². The SMILES string of the molecule is Nc1onc(C2CCCCCC2)c1-c1ccc(F)cc1Cl. The van der Waals surface area contributed by atoms with Gasteiger partial charge in [0.15, 0.2) is 0 Å². The smallest absolute Gasteiger partial charge is 0.230 e. The van der Waals surface area contributed by atoms with E-state index >= 15 is 0 Å². The minimum atomic E-state index is -0.366. The lowest BCUT2D eigenvalue weighted by atomic mass is 9.91. The molecule has 1 aliphatic rings. The third kappa shape index (κ3) is 2.91. The van der Waals surface area contributed by atoms with Crippen molar-refractivity contribution in [2.75, 3.05) is 5.73 Å². The second-order valence-electron chi connectivity index (χ2n) is 5.62. The summed E-state index contributed by atoms with van der Waals surface area (Å²) >= 11 is 6.17. The summed E-state index contributed by atoms with van der Waals surface area (Å²) in [4.78, 5) is 0. The Morgan fingerprint density at radius 1 is 1.19 bits per heavy atom. The molecule has 5 heteroatoms. The van der Waals surface area contributed by atoms with E-state index in [0.29, 0.717) is 16.5 Å². The van der Waals surface area contributed by atoms with Gasteiger partial charge < -0.3 is 10.3 Å². The molecule has 1 aromatic carbocycles. The van der Waals surface area contributed by atoms with Crippen LogP contribution in [-0.2, 0) is 0 Å². The van der Waals surface area contributed by atoms with E-state index < -0.39 is 0 Å². The first-order chi connectivity index (χ1) is 10.2. The van der Waals surface area contributed by atoms with E-state index in [2.05, 4.69) is 5.16 Å². The summed E-state index contributed by atoms with van der Waals surface area (Å²) in [6, 6.07) is 4.31. The molecular formula is C16H18ClFN2O. The number of aromatic nitrogens is 1. The molecule has 3 rings (SSSR count). The van der Waals surface area contributed by atoms with Crippen molar-refractivity contribution in [1.29, 1.82) is 0 Å². The Morgan fingerprint density at radius 3 is 2.57 bits per heavy atom. The highest BCUT2D eigenvalue weighted by Gasteiger charge is 2.25. The van der Waals surface area contributed by atoms with Crippen molar-refractivity contribution in [3.63, 3.8) is 0 Å². The normalized spacial score (nSPS) is 16.9. The fourth-order valence-electron chi connectivity index (χ4n) is 3.11.